The van der Waals surface area contributed by atoms with E-state index in [2.05, 4.69) is 0 Å². The Balaban J connectivity index is 2.23. The number of nitrogens with zero attached hydrogens (tertiary/aromatic N) is 2. The minimum absolute atomic E-state index is 0.0378. The number of aryl methyl sites for hydroxylation is 1. The molecule has 1 saturated heterocycles. The lowest BCUT2D eigenvalue weighted by Crippen LogP contribution is -2.39. The number of benzene rings is 1. The first-order valence-corrected chi connectivity index (χ1v) is 7.57. The molecule has 0 saturated carbocycles. The number of hydrogen-bond donors (Lipinski definition) is 0. The lowest BCUT2D eigenvalue weighted by atomic mass is 10.1. The number of hydrogen-bond acceptors (Lipinski definition) is 3. The molecule has 1 aromatic carbocycles. The van der Waals surface area contributed by atoms with E-state index in [9.17, 15) is 9.59 Å². The highest BCUT2D eigenvalue weighted by molar-refractivity contribution is 8.01. The van der Waals surface area contributed by atoms with Crippen LogP contribution in [0, 0.1) is 6.92 Å². The van der Waals surface area contributed by atoms with Gasteiger partial charge in [-0.15, -0.1) is 11.8 Å². The van der Waals surface area contributed by atoms with E-state index in [1.165, 1.54) is 10.5 Å². The number of rotatable bonds is 3. The SMILES string of the molecule is Cc1ccc([C@@H]2S[C@@H](C)C(=O)N2CC(=O)N(C)C)cc1. The van der Waals surface area contributed by atoms with Gasteiger partial charge in [-0.2, -0.15) is 0 Å². The van der Waals surface area contributed by atoms with E-state index in [1.54, 1.807) is 30.8 Å². The smallest absolute Gasteiger partial charge is 0.241 e. The summed E-state index contributed by atoms with van der Waals surface area (Å²) in [6.45, 7) is 4.07. The van der Waals surface area contributed by atoms with Crippen LogP contribution in [0.3, 0.4) is 0 Å². The molecule has 2 amide bonds. The van der Waals surface area contributed by atoms with Crippen molar-refractivity contribution in [1.82, 2.24) is 9.80 Å². The Morgan fingerprint density at radius 2 is 1.90 bits per heavy atom. The summed E-state index contributed by atoms with van der Waals surface area (Å²) >= 11 is 1.60. The predicted molar refractivity (Wildman–Crippen MR) is 81.4 cm³/mol. The van der Waals surface area contributed by atoms with Crippen LogP contribution in [0.4, 0.5) is 0 Å². The van der Waals surface area contributed by atoms with Crippen molar-refractivity contribution in [3.8, 4) is 0 Å². The molecule has 2 atom stereocenters. The lowest BCUT2D eigenvalue weighted by Gasteiger charge is -2.25. The van der Waals surface area contributed by atoms with Gasteiger partial charge in [0.25, 0.3) is 0 Å². The second-order valence-corrected chi connectivity index (χ2v) is 6.72. The van der Waals surface area contributed by atoms with Gasteiger partial charge in [0.1, 0.15) is 11.9 Å². The molecule has 1 fully saturated rings. The zero-order valence-electron chi connectivity index (χ0n) is 12.3. The highest BCUT2D eigenvalue weighted by Gasteiger charge is 2.39. The summed E-state index contributed by atoms with van der Waals surface area (Å²) in [4.78, 5) is 27.4. The number of thioether (sulfide) groups is 1. The first kappa shape index (κ1) is 14.9. The van der Waals surface area contributed by atoms with E-state index < -0.39 is 0 Å². The Labute approximate surface area is 124 Å². The highest BCUT2D eigenvalue weighted by Crippen LogP contribution is 2.42. The van der Waals surface area contributed by atoms with Crippen LogP contribution in [0.1, 0.15) is 23.4 Å². The van der Waals surface area contributed by atoms with Gasteiger partial charge in [0, 0.05) is 14.1 Å². The molecule has 0 unspecified atom stereocenters. The average Bonchev–Trinajstić information content (AvgIpc) is 2.68. The van der Waals surface area contributed by atoms with Crippen molar-refractivity contribution >= 4 is 23.6 Å². The van der Waals surface area contributed by atoms with E-state index in [1.807, 2.05) is 38.1 Å². The fourth-order valence-electron chi connectivity index (χ4n) is 2.11. The first-order valence-electron chi connectivity index (χ1n) is 6.63. The molecule has 0 N–H and O–H groups in total. The first-order chi connectivity index (χ1) is 9.40. The molecule has 2 rings (SSSR count). The molecule has 1 aliphatic heterocycles. The average molecular weight is 292 g/mol. The van der Waals surface area contributed by atoms with Gasteiger partial charge >= 0.3 is 0 Å². The van der Waals surface area contributed by atoms with Crippen molar-refractivity contribution in [3.63, 3.8) is 0 Å². The molecule has 0 spiro atoms. The minimum Gasteiger partial charge on any atom is -0.347 e. The minimum atomic E-state index is -0.101. The summed E-state index contributed by atoms with van der Waals surface area (Å²) in [5.41, 5.74) is 2.26. The highest BCUT2D eigenvalue weighted by atomic mass is 32.2. The van der Waals surface area contributed by atoms with Crippen LogP contribution in [0.5, 0.6) is 0 Å². The number of amides is 2. The van der Waals surface area contributed by atoms with Crippen LogP contribution in [-0.4, -0.2) is 47.5 Å². The Hall–Kier alpha value is -1.49. The van der Waals surface area contributed by atoms with Gasteiger partial charge in [-0.25, -0.2) is 0 Å². The molecule has 0 aromatic heterocycles. The van der Waals surface area contributed by atoms with Crippen molar-refractivity contribution in [3.05, 3.63) is 35.4 Å². The van der Waals surface area contributed by atoms with E-state index in [0.717, 1.165) is 5.56 Å². The third-order valence-electron chi connectivity index (χ3n) is 3.41. The van der Waals surface area contributed by atoms with Crippen molar-refractivity contribution in [2.24, 2.45) is 0 Å². The standard InChI is InChI=1S/C15H20N2O2S/c1-10-5-7-12(8-6-10)15-17(9-13(18)16(3)4)14(19)11(2)20-15/h5-8,11,15H,9H2,1-4H3/t11-,15-/m0/s1. The summed E-state index contributed by atoms with van der Waals surface area (Å²) in [5.74, 6) is -0.0130. The monoisotopic (exact) mass is 292 g/mol. The number of carbonyl (C=O) groups is 2. The Morgan fingerprint density at radius 3 is 2.45 bits per heavy atom. The molecule has 0 radical (unpaired) electrons. The van der Waals surface area contributed by atoms with E-state index in [4.69, 9.17) is 0 Å². The lowest BCUT2D eigenvalue weighted by molar-refractivity contribution is -0.138. The molecule has 1 aliphatic rings. The Morgan fingerprint density at radius 1 is 1.30 bits per heavy atom. The maximum absolute atomic E-state index is 12.2. The van der Waals surface area contributed by atoms with Gasteiger partial charge in [0.05, 0.1) is 5.25 Å². The Kier molecular flexibility index (Phi) is 4.38. The molecule has 0 aliphatic carbocycles. The second-order valence-electron chi connectivity index (χ2n) is 5.30. The van der Waals surface area contributed by atoms with Crippen LogP contribution in [0.15, 0.2) is 24.3 Å². The molecule has 20 heavy (non-hydrogen) atoms. The summed E-state index contributed by atoms with van der Waals surface area (Å²) in [6, 6.07) is 8.14. The largest absolute Gasteiger partial charge is 0.347 e. The second kappa shape index (κ2) is 5.87. The van der Waals surface area contributed by atoms with Gasteiger partial charge in [0.2, 0.25) is 11.8 Å². The Bertz CT molecular complexity index is 513. The fourth-order valence-corrected chi connectivity index (χ4v) is 3.39. The van der Waals surface area contributed by atoms with E-state index in [0.29, 0.717) is 0 Å². The van der Waals surface area contributed by atoms with Crippen LogP contribution in [0.2, 0.25) is 0 Å². The molecule has 4 nitrogen and oxygen atoms in total. The topological polar surface area (TPSA) is 40.6 Å². The van der Waals surface area contributed by atoms with Crippen LogP contribution in [-0.2, 0) is 9.59 Å². The molecular weight excluding hydrogens is 272 g/mol. The summed E-state index contributed by atoms with van der Waals surface area (Å²) in [6.07, 6.45) is 0. The van der Waals surface area contributed by atoms with Crippen molar-refractivity contribution in [2.75, 3.05) is 20.6 Å². The third-order valence-corrected chi connectivity index (χ3v) is 4.81. The van der Waals surface area contributed by atoms with Gasteiger partial charge in [-0.1, -0.05) is 29.8 Å². The van der Waals surface area contributed by atoms with Crippen molar-refractivity contribution < 1.29 is 9.59 Å². The van der Waals surface area contributed by atoms with Crippen LogP contribution in [0.25, 0.3) is 0 Å². The molecule has 0 bridgehead atoms. The van der Waals surface area contributed by atoms with Crippen molar-refractivity contribution in [1.29, 1.82) is 0 Å². The van der Waals surface area contributed by atoms with Gasteiger partial charge in [-0.3, -0.25) is 9.59 Å². The van der Waals surface area contributed by atoms with Crippen LogP contribution < -0.4 is 0 Å². The van der Waals surface area contributed by atoms with E-state index >= 15 is 0 Å². The zero-order valence-corrected chi connectivity index (χ0v) is 13.1. The fraction of sp³-hybridized carbons (Fsp3) is 0.467. The summed E-state index contributed by atoms with van der Waals surface area (Å²) in [7, 11) is 3.42. The predicted octanol–water partition coefficient (Wildman–Crippen LogP) is 2.05. The molecule has 1 aromatic rings. The number of carbonyl (C=O) groups excluding carboxylic acids is 2. The molecular formula is C15H20N2O2S. The summed E-state index contributed by atoms with van der Waals surface area (Å²) < 4.78 is 0. The third kappa shape index (κ3) is 2.98. The number of likely N-dealkylation sites (N-methyl/N-ethyl adjacent to an activating group) is 1. The quantitative estimate of drug-likeness (QED) is 0.856. The van der Waals surface area contributed by atoms with Crippen LogP contribution >= 0.6 is 11.8 Å². The zero-order chi connectivity index (χ0) is 14.9. The molecule has 108 valence electrons. The maximum Gasteiger partial charge on any atom is 0.241 e. The van der Waals surface area contributed by atoms with Gasteiger partial charge in [0.15, 0.2) is 0 Å². The summed E-state index contributed by atoms with van der Waals surface area (Å²) in [5, 5.41) is -0.168. The van der Waals surface area contributed by atoms with Gasteiger partial charge < -0.3 is 9.80 Å². The normalized spacial score (nSPS) is 22.2. The molecule has 1 heterocycles. The molecule has 5 heteroatoms. The van der Waals surface area contributed by atoms with Gasteiger partial charge in [-0.05, 0) is 19.4 Å². The van der Waals surface area contributed by atoms with E-state index in [-0.39, 0.29) is 29.0 Å². The van der Waals surface area contributed by atoms with Crippen molar-refractivity contribution in [2.45, 2.75) is 24.5 Å². The maximum atomic E-state index is 12.2.